The van der Waals surface area contributed by atoms with Crippen LogP contribution in [-0.2, 0) is 6.42 Å². The standard InChI is InChI=1S/C18H22N2O/c1-14-11-16(13-17(19)12-14)18(21)20(2)10-6-9-15-7-4-3-5-8-15/h3-5,7-8,11-13H,6,9-10,19H2,1-2H3. The van der Waals surface area contributed by atoms with Crippen LogP contribution in [0.2, 0.25) is 0 Å². The molecule has 0 fully saturated rings. The average molecular weight is 282 g/mol. The Morgan fingerprint density at radius 2 is 1.86 bits per heavy atom. The number of hydrogen-bond acceptors (Lipinski definition) is 2. The zero-order chi connectivity index (χ0) is 15.2. The molecule has 2 N–H and O–H groups in total. The Morgan fingerprint density at radius 1 is 1.14 bits per heavy atom. The summed E-state index contributed by atoms with van der Waals surface area (Å²) in [5, 5.41) is 0. The smallest absolute Gasteiger partial charge is 0.253 e. The third kappa shape index (κ3) is 4.35. The summed E-state index contributed by atoms with van der Waals surface area (Å²) < 4.78 is 0. The molecule has 0 unspecified atom stereocenters. The highest BCUT2D eigenvalue weighted by Gasteiger charge is 2.12. The van der Waals surface area contributed by atoms with E-state index in [1.807, 2.05) is 44.3 Å². The number of nitrogen functional groups attached to an aromatic ring is 1. The predicted molar refractivity (Wildman–Crippen MR) is 87.3 cm³/mol. The highest BCUT2D eigenvalue weighted by Crippen LogP contribution is 2.13. The van der Waals surface area contributed by atoms with Gasteiger partial charge in [0.05, 0.1) is 0 Å². The highest BCUT2D eigenvalue weighted by molar-refractivity contribution is 5.95. The molecule has 0 aromatic heterocycles. The van der Waals surface area contributed by atoms with Crippen LogP contribution in [0.3, 0.4) is 0 Å². The van der Waals surface area contributed by atoms with E-state index in [0.717, 1.165) is 24.9 Å². The fourth-order valence-electron chi connectivity index (χ4n) is 2.42. The van der Waals surface area contributed by atoms with Crippen LogP contribution in [0, 0.1) is 6.92 Å². The molecule has 0 spiro atoms. The van der Waals surface area contributed by atoms with Crippen molar-refractivity contribution in [2.45, 2.75) is 19.8 Å². The van der Waals surface area contributed by atoms with Crippen molar-refractivity contribution in [3.8, 4) is 0 Å². The van der Waals surface area contributed by atoms with Gasteiger partial charge in [0.1, 0.15) is 0 Å². The van der Waals surface area contributed by atoms with Gasteiger partial charge in [-0.05, 0) is 49.1 Å². The number of amides is 1. The summed E-state index contributed by atoms with van der Waals surface area (Å²) in [6, 6.07) is 15.8. The van der Waals surface area contributed by atoms with Crippen LogP contribution in [0.5, 0.6) is 0 Å². The van der Waals surface area contributed by atoms with Crippen LogP contribution in [0.15, 0.2) is 48.5 Å². The van der Waals surface area contributed by atoms with Gasteiger partial charge in [-0.1, -0.05) is 30.3 Å². The van der Waals surface area contributed by atoms with Crippen molar-refractivity contribution in [1.29, 1.82) is 0 Å². The summed E-state index contributed by atoms with van der Waals surface area (Å²) in [5.74, 6) is 0.0264. The third-order valence-electron chi connectivity index (χ3n) is 3.50. The van der Waals surface area contributed by atoms with Crippen molar-refractivity contribution >= 4 is 11.6 Å². The fraction of sp³-hybridized carbons (Fsp3) is 0.278. The Bertz CT molecular complexity index is 588. The summed E-state index contributed by atoms with van der Waals surface area (Å²) in [6.45, 7) is 2.68. The van der Waals surface area contributed by atoms with Crippen LogP contribution in [-0.4, -0.2) is 24.4 Å². The van der Waals surface area contributed by atoms with Gasteiger partial charge in [-0.3, -0.25) is 4.79 Å². The van der Waals surface area contributed by atoms with Crippen LogP contribution < -0.4 is 5.73 Å². The van der Waals surface area contributed by atoms with Crippen LogP contribution in [0.25, 0.3) is 0 Å². The molecule has 0 aliphatic carbocycles. The maximum atomic E-state index is 12.4. The minimum absolute atomic E-state index is 0.0264. The van der Waals surface area contributed by atoms with Gasteiger partial charge in [-0.15, -0.1) is 0 Å². The Balaban J connectivity index is 1.90. The zero-order valence-electron chi connectivity index (χ0n) is 12.7. The first kappa shape index (κ1) is 15.1. The number of aryl methyl sites for hydroxylation is 2. The maximum absolute atomic E-state index is 12.4. The number of hydrogen-bond donors (Lipinski definition) is 1. The van der Waals surface area contributed by atoms with Gasteiger partial charge in [0, 0.05) is 24.8 Å². The van der Waals surface area contributed by atoms with E-state index < -0.39 is 0 Å². The number of nitrogens with zero attached hydrogens (tertiary/aromatic N) is 1. The second-order valence-electron chi connectivity index (χ2n) is 5.45. The summed E-state index contributed by atoms with van der Waals surface area (Å²) in [6.07, 6.45) is 1.93. The molecule has 2 aromatic rings. The first-order chi connectivity index (χ1) is 10.1. The van der Waals surface area contributed by atoms with E-state index in [1.54, 1.807) is 11.0 Å². The lowest BCUT2D eigenvalue weighted by Gasteiger charge is -2.17. The SMILES string of the molecule is Cc1cc(N)cc(C(=O)N(C)CCCc2ccccc2)c1. The number of carbonyl (C=O) groups excluding carboxylic acids is 1. The van der Waals surface area contributed by atoms with Gasteiger partial charge in [-0.25, -0.2) is 0 Å². The molecular formula is C18H22N2O. The van der Waals surface area contributed by atoms with Crippen LogP contribution in [0.4, 0.5) is 5.69 Å². The van der Waals surface area contributed by atoms with Crippen molar-refractivity contribution in [3.63, 3.8) is 0 Å². The third-order valence-corrected chi connectivity index (χ3v) is 3.50. The van der Waals surface area contributed by atoms with Crippen molar-refractivity contribution in [2.24, 2.45) is 0 Å². The molecule has 1 amide bonds. The van der Waals surface area contributed by atoms with E-state index in [-0.39, 0.29) is 5.91 Å². The zero-order valence-corrected chi connectivity index (χ0v) is 12.7. The first-order valence-corrected chi connectivity index (χ1v) is 7.23. The Hall–Kier alpha value is -2.29. The van der Waals surface area contributed by atoms with E-state index in [9.17, 15) is 4.79 Å². The highest BCUT2D eigenvalue weighted by atomic mass is 16.2. The van der Waals surface area contributed by atoms with Crippen molar-refractivity contribution in [3.05, 3.63) is 65.2 Å². The molecule has 0 radical (unpaired) electrons. The van der Waals surface area contributed by atoms with Gasteiger partial charge < -0.3 is 10.6 Å². The molecule has 3 heteroatoms. The molecule has 0 saturated heterocycles. The Kier molecular flexibility index (Phi) is 4.99. The normalized spacial score (nSPS) is 10.4. The predicted octanol–water partition coefficient (Wildman–Crippen LogP) is 3.28. The molecule has 2 aromatic carbocycles. The van der Waals surface area contributed by atoms with Gasteiger partial charge >= 0.3 is 0 Å². The number of anilines is 1. The summed E-state index contributed by atoms with van der Waals surface area (Å²) in [7, 11) is 1.84. The minimum Gasteiger partial charge on any atom is -0.399 e. The Labute approximate surface area is 126 Å². The first-order valence-electron chi connectivity index (χ1n) is 7.23. The van der Waals surface area contributed by atoms with Crippen molar-refractivity contribution in [2.75, 3.05) is 19.3 Å². The molecule has 0 aliphatic rings. The van der Waals surface area contributed by atoms with Crippen molar-refractivity contribution < 1.29 is 4.79 Å². The van der Waals surface area contributed by atoms with Gasteiger partial charge in [0.2, 0.25) is 0 Å². The number of carbonyl (C=O) groups is 1. The van der Waals surface area contributed by atoms with E-state index in [4.69, 9.17) is 5.73 Å². The molecule has 21 heavy (non-hydrogen) atoms. The lowest BCUT2D eigenvalue weighted by molar-refractivity contribution is 0.0793. The summed E-state index contributed by atoms with van der Waals surface area (Å²) in [5.41, 5.74) is 9.41. The lowest BCUT2D eigenvalue weighted by Crippen LogP contribution is -2.28. The van der Waals surface area contributed by atoms with E-state index in [0.29, 0.717) is 11.3 Å². The van der Waals surface area contributed by atoms with Crippen LogP contribution in [0.1, 0.15) is 27.9 Å². The molecule has 3 nitrogen and oxygen atoms in total. The Morgan fingerprint density at radius 3 is 2.52 bits per heavy atom. The molecule has 110 valence electrons. The lowest BCUT2D eigenvalue weighted by atomic mass is 10.1. The molecule has 2 rings (SSSR count). The molecule has 0 heterocycles. The molecule has 0 bridgehead atoms. The molecule has 0 atom stereocenters. The van der Waals surface area contributed by atoms with Crippen molar-refractivity contribution in [1.82, 2.24) is 4.90 Å². The fourth-order valence-corrected chi connectivity index (χ4v) is 2.42. The van der Waals surface area contributed by atoms with Gasteiger partial charge in [0.25, 0.3) is 5.91 Å². The molecule has 0 saturated carbocycles. The average Bonchev–Trinajstić information content (AvgIpc) is 2.46. The van der Waals surface area contributed by atoms with Crippen LogP contribution >= 0.6 is 0 Å². The second-order valence-corrected chi connectivity index (χ2v) is 5.45. The molecular weight excluding hydrogens is 260 g/mol. The number of rotatable bonds is 5. The van der Waals surface area contributed by atoms with Gasteiger partial charge in [-0.2, -0.15) is 0 Å². The minimum atomic E-state index is 0.0264. The summed E-state index contributed by atoms with van der Waals surface area (Å²) >= 11 is 0. The molecule has 0 aliphatic heterocycles. The summed E-state index contributed by atoms with van der Waals surface area (Å²) in [4.78, 5) is 14.1. The largest absolute Gasteiger partial charge is 0.399 e. The number of benzene rings is 2. The van der Waals surface area contributed by atoms with E-state index >= 15 is 0 Å². The number of nitrogens with two attached hydrogens (primary N) is 1. The second kappa shape index (κ2) is 6.93. The quantitative estimate of drug-likeness (QED) is 0.855. The van der Waals surface area contributed by atoms with E-state index in [2.05, 4.69) is 12.1 Å². The van der Waals surface area contributed by atoms with Gasteiger partial charge in [0.15, 0.2) is 0 Å². The van der Waals surface area contributed by atoms with E-state index in [1.165, 1.54) is 5.56 Å². The topological polar surface area (TPSA) is 46.3 Å². The maximum Gasteiger partial charge on any atom is 0.253 e. The monoisotopic (exact) mass is 282 g/mol.